The van der Waals surface area contributed by atoms with Gasteiger partial charge in [0, 0.05) is 19.1 Å². The van der Waals surface area contributed by atoms with Crippen molar-refractivity contribution in [2.24, 2.45) is 0 Å². The van der Waals surface area contributed by atoms with E-state index in [9.17, 15) is 4.79 Å². The van der Waals surface area contributed by atoms with Gasteiger partial charge in [-0.2, -0.15) is 0 Å². The van der Waals surface area contributed by atoms with Gasteiger partial charge in [-0.25, -0.2) is 4.79 Å². The molecule has 4 nitrogen and oxygen atoms in total. The average molecular weight is 200 g/mol. The highest BCUT2D eigenvalue weighted by Crippen LogP contribution is 2.20. The Morgan fingerprint density at radius 1 is 1.57 bits per heavy atom. The lowest BCUT2D eigenvalue weighted by Crippen LogP contribution is -2.56. The predicted molar refractivity (Wildman–Crippen MR) is 55.3 cm³/mol. The SMILES string of the molecule is CNCC1CCN1C(=O)OC(C)(C)C. The molecule has 0 saturated carbocycles. The molecule has 1 unspecified atom stereocenters. The van der Waals surface area contributed by atoms with E-state index in [1.54, 1.807) is 4.90 Å². The molecule has 1 saturated heterocycles. The van der Waals surface area contributed by atoms with E-state index in [0.29, 0.717) is 6.04 Å². The molecule has 1 rings (SSSR count). The van der Waals surface area contributed by atoms with E-state index >= 15 is 0 Å². The van der Waals surface area contributed by atoms with Gasteiger partial charge in [0.25, 0.3) is 0 Å². The molecule has 0 bridgehead atoms. The Kier molecular flexibility index (Phi) is 3.37. The second-order valence-electron chi connectivity index (χ2n) is 4.67. The third-order valence-corrected chi connectivity index (χ3v) is 2.21. The minimum Gasteiger partial charge on any atom is -0.444 e. The summed E-state index contributed by atoms with van der Waals surface area (Å²) in [5.41, 5.74) is -0.392. The highest BCUT2D eigenvalue weighted by Gasteiger charge is 2.34. The second kappa shape index (κ2) is 4.17. The molecule has 0 spiro atoms. The number of likely N-dealkylation sites (tertiary alicyclic amines) is 1. The Morgan fingerprint density at radius 3 is 2.57 bits per heavy atom. The van der Waals surface area contributed by atoms with Crippen LogP contribution < -0.4 is 5.32 Å². The van der Waals surface area contributed by atoms with Crippen LogP contribution in [-0.4, -0.2) is 42.8 Å². The largest absolute Gasteiger partial charge is 0.444 e. The summed E-state index contributed by atoms with van der Waals surface area (Å²) in [4.78, 5) is 13.4. The van der Waals surface area contributed by atoms with Crippen LogP contribution in [0, 0.1) is 0 Å². The van der Waals surface area contributed by atoms with Crippen LogP contribution in [0.3, 0.4) is 0 Å². The van der Waals surface area contributed by atoms with Crippen molar-refractivity contribution in [2.45, 2.75) is 38.8 Å². The van der Waals surface area contributed by atoms with Crippen molar-refractivity contribution in [2.75, 3.05) is 20.1 Å². The molecule has 82 valence electrons. The molecule has 1 N–H and O–H groups in total. The fourth-order valence-electron chi connectivity index (χ4n) is 1.45. The predicted octanol–water partition coefficient (Wildman–Crippen LogP) is 1.22. The number of likely N-dealkylation sites (N-methyl/N-ethyl adjacent to an activating group) is 1. The fraction of sp³-hybridized carbons (Fsp3) is 0.900. The summed E-state index contributed by atoms with van der Waals surface area (Å²) in [6, 6.07) is 0.315. The summed E-state index contributed by atoms with van der Waals surface area (Å²) >= 11 is 0. The van der Waals surface area contributed by atoms with Gasteiger partial charge in [0.2, 0.25) is 0 Å². The lowest BCUT2D eigenvalue weighted by molar-refractivity contribution is -0.00458. The van der Waals surface area contributed by atoms with E-state index in [4.69, 9.17) is 4.74 Å². The number of amides is 1. The van der Waals surface area contributed by atoms with Crippen molar-refractivity contribution in [3.63, 3.8) is 0 Å². The third kappa shape index (κ3) is 2.87. The van der Waals surface area contributed by atoms with Gasteiger partial charge in [-0.05, 0) is 34.2 Å². The lowest BCUT2D eigenvalue weighted by Gasteiger charge is -2.41. The Balaban J connectivity index is 2.38. The molecule has 1 amide bonds. The standard InChI is InChI=1S/C10H20N2O2/c1-10(2,3)14-9(13)12-6-5-8(12)7-11-4/h8,11H,5-7H2,1-4H3. The maximum Gasteiger partial charge on any atom is 0.410 e. The molecule has 4 heteroatoms. The summed E-state index contributed by atoms with van der Waals surface area (Å²) in [5.74, 6) is 0. The minimum absolute atomic E-state index is 0.191. The first kappa shape index (κ1) is 11.3. The van der Waals surface area contributed by atoms with Crippen molar-refractivity contribution in [3.05, 3.63) is 0 Å². The fourth-order valence-corrected chi connectivity index (χ4v) is 1.45. The molecule has 1 aliphatic rings. The monoisotopic (exact) mass is 200 g/mol. The maximum atomic E-state index is 11.6. The molecule has 0 aromatic heterocycles. The molecular weight excluding hydrogens is 180 g/mol. The number of rotatable bonds is 2. The number of carbonyl (C=O) groups is 1. The van der Waals surface area contributed by atoms with E-state index in [-0.39, 0.29) is 6.09 Å². The van der Waals surface area contributed by atoms with Gasteiger partial charge < -0.3 is 15.0 Å². The van der Waals surface area contributed by atoms with Gasteiger partial charge in [-0.3, -0.25) is 0 Å². The van der Waals surface area contributed by atoms with Crippen LogP contribution in [0.25, 0.3) is 0 Å². The van der Waals surface area contributed by atoms with Gasteiger partial charge in [-0.1, -0.05) is 0 Å². The smallest absolute Gasteiger partial charge is 0.410 e. The van der Waals surface area contributed by atoms with E-state index in [1.165, 1.54) is 0 Å². The summed E-state index contributed by atoms with van der Waals surface area (Å²) in [6.07, 6.45) is 0.879. The van der Waals surface area contributed by atoms with Crippen molar-refractivity contribution < 1.29 is 9.53 Å². The van der Waals surface area contributed by atoms with Gasteiger partial charge in [0.1, 0.15) is 5.60 Å². The number of nitrogens with one attached hydrogen (secondary N) is 1. The van der Waals surface area contributed by atoms with E-state index in [0.717, 1.165) is 19.5 Å². The maximum absolute atomic E-state index is 11.6. The van der Waals surface area contributed by atoms with Crippen LogP contribution in [0.4, 0.5) is 4.79 Å². The first-order chi connectivity index (χ1) is 6.44. The Hall–Kier alpha value is -0.770. The van der Waals surface area contributed by atoms with Crippen LogP contribution >= 0.6 is 0 Å². The molecule has 1 aliphatic heterocycles. The Morgan fingerprint density at radius 2 is 2.21 bits per heavy atom. The van der Waals surface area contributed by atoms with Gasteiger partial charge in [0.05, 0.1) is 0 Å². The van der Waals surface area contributed by atoms with Crippen LogP contribution in [0.2, 0.25) is 0 Å². The van der Waals surface area contributed by atoms with E-state index in [1.807, 2.05) is 27.8 Å². The van der Waals surface area contributed by atoms with Crippen molar-refractivity contribution in [1.29, 1.82) is 0 Å². The van der Waals surface area contributed by atoms with Gasteiger partial charge in [0.15, 0.2) is 0 Å². The average Bonchev–Trinajstić information content (AvgIpc) is 1.93. The van der Waals surface area contributed by atoms with Crippen LogP contribution in [0.5, 0.6) is 0 Å². The summed E-state index contributed by atoms with van der Waals surface area (Å²) < 4.78 is 5.28. The quantitative estimate of drug-likeness (QED) is 0.728. The number of hydrogen-bond donors (Lipinski definition) is 1. The molecule has 0 radical (unpaired) electrons. The van der Waals surface area contributed by atoms with Crippen molar-refractivity contribution >= 4 is 6.09 Å². The first-order valence-corrected chi connectivity index (χ1v) is 5.08. The highest BCUT2D eigenvalue weighted by atomic mass is 16.6. The number of carbonyl (C=O) groups excluding carboxylic acids is 1. The molecule has 0 aromatic rings. The Labute approximate surface area is 85.6 Å². The zero-order chi connectivity index (χ0) is 10.8. The van der Waals surface area contributed by atoms with Gasteiger partial charge in [-0.15, -0.1) is 0 Å². The van der Waals surface area contributed by atoms with Gasteiger partial charge >= 0.3 is 6.09 Å². The Bertz CT molecular complexity index is 211. The zero-order valence-electron chi connectivity index (χ0n) is 9.46. The third-order valence-electron chi connectivity index (χ3n) is 2.21. The zero-order valence-corrected chi connectivity index (χ0v) is 9.46. The number of nitrogens with zero attached hydrogens (tertiary/aromatic N) is 1. The van der Waals surface area contributed by atoms with Crippen LogP contribution in [0.1, 0.15) is 27.2 Å². The van der Waals surface area contributed by atoms with Crippen molar-refractivity contribution in [3.8, 4) is 0 Å². The highest BCUT2D eigenvalue weighted by molar-refractivity contribution is 5.69. The van der Waals surface area contributed by atoms with Crippen molar-refractivity contribution in [1.82, 2.24) is 10.2 Å². The first-order valence-electron chi connectivity index (χ1n) is 5.08. The molecule has 14 heavy (non-hydrogen) atoms. The van der Waals surface area contributed by atoms with E-state index < -0.39 is 5.60 Å². The van der Waals surface area contributed by atoms with Crippen LogP contribution in [0.15, 0.2) is 0 Å². The molecule has 1 atom stereocenters. The molecule has 0 aromatic carbocycles. The van der Waals surface area contributed by atoms with Crippen LogP contribution in [-0.2, 0) is 4.74 Å². The molecule has 1 fully saturated rings. The van der Waals surface area contributed by atoms with E-state index in [2.05, 4.69) is 5.32 Å². The number of ether oxygens (including phenoxy) is 1. The lowest BCUT2D eigenvalue weighted by atomic mass is 10.0. The summed E-state index contributed by atoms with van der Waals surface area (Å²) in [6.45, 7) is 7.33. The topological polar surface area (TPSA) is 41.6 Å². The minimum atomic E-state index is -0.392. The molecule has 0 aliphatic carbocycles. The second-order valence-corrected chi connectivity index (χ2v) is 4.67. The molecule has 1 heterocycles. The summed E-state index contributed by atoms with van der Waals surface area (Å²) in [7, 11) is 1.89. The normalized spacial score (nSPS) is 21.7. The molecular formula is C10H20N2O2. The number of hydrogen-bond acceptors (Lipinski definition) is 3. The summed E-state index contributed by atoms with van der Waals surface area (Å²) in [5, 5.41) is 3.07.